The maximum atomic E-state index is 12.2. The van der Waals surface area contributed by atoms with Crippen molar-refractivity contribution in [3.05, 3.63) is 29.8 Å². The lowest BCUT2D eigenvalue weighted by molar-refractivity contribution is -0.137. The van der Waals surface area contributed by atoms with E-state index in [1.165, 1.54) is 19.1 Å². The first-order valence-electron chi connectivity index (χ1n) is 6.52. The summed E-state index contributed by atoms with van der Waals surface area (Å²) in [5.41, 5.74) is 6.32. The van der Waals surface area contributed by atoms with Crippen LogP contribution in [0, 0.1) is 0 Å². The van der Waals surface area contributed by atoms with Gasteiger partial charge in [-0.15, -0.1) is 0 Å². The first-order chi connectivity index (χ1) is 9.64. The Labute approximate surface area is 122 Å². The molecule has 0 aliphatic carbocycles. The first kappa shape index (κ1) is 17.9. The molecular weight excluding hydrogens is 305 g/mol. The Balaban J connectivity index is 2.74. The van der Waals surface area contributed by atoms with E-state index in [1.807, 2.05) is 4.72 Å². The molecule has 0 amide bonds. The standard InChI is InChI=1S/C13H19F3N2O2S/c1-10(9-13(14,15)16)18-21(19,20)12-6-4-11(5-7-12)3-2-8-17/h4-7,10,18H,2-3,8-9,17H2,1H3. The average molecular weight is 324 g/mol. The molecule has 0 heterocycles. The highest BCUT2D eigenvalue weighted by Gasteiger charge is 2.31. The van der Waals surface area contributed by atoms with Crippen molar-refractivity contribution in [1.82, 2.24) is 4.72 Å². The van der Waals surface area contributed by atoms with Crippen molar-refractivity contribution in [3.63, 3.8) is 0 Å². The van der Waals surface area contributed by atoms with Gasteiger partial charge in [-0.2, -0.15) is 13.2 Å². The summed E-state index contributed by atoms with van der Waals surface area (Å²) in [7, 11) is -3.94. The molecule has 1 unspecified atom stereocenters. The first-order valence-corrected chi connectivity index (χ1v) is 8.00. The molecule has 1 rings (SSSR count). The molecule has 0 saturated heterocycles. The van der Waals surface area contributed by atoms with Crippen LogP contribution in [0.15, 0.2) is 29.2 Å². The Kier molecular flexibility index (Phi) is 6.18. The predicted molar refractivity (Wildman–Crippen MR) is 74.3 cm³/mol. The maximum absolute atomic E-state index is 12.2. The van der Waals surface area contributed by atoms with Crippen molar-refractivity contribution in [2.75, 3.05) is 6.54 Å². The fourth-order valence-electron chi connectivity index (χ4n) is 1.86. The normalized spacial score (nSPS) is 14.1. The number of alkyl halides is 3. The van der Waals surface area contributed by atoms with E-state index in [1.54, 1.807) is 12.1 Å². The van der Waals surface area contributed by atoms with Gasteiger partial charge in [0.15, 0.2) is 0 Å². The molecular formula is C13H19F3N2O2S. The van der Waals surface area contributed by atoms with Crippen LogP contribution in [0.3, 0.4) is 0 Å². The van der Waals surface area contributed by atoms with E-state index in [4.69, 9.17) is 5.73 Å². The van der Waals surface area contributed by atoms with Crippen LogP contribution >= 0.6 is 0 Å². The zero-order valence-corrected chi connectivity index (χ0v) is 12.5. The van der Waals surface area contributed by atoms with Gasteiger partial charge in [0.25, 0.3) is 0 Å². The zero-order valence-electron chi connectivity index (χ0n) is 11.7. The summed E-state index contributed by atoms with van der Waals surface area (Å²) in [4.78, 5) is -0.0481. The average Bonchev–Trinajstić information content (AvgIpc) is 2.33. The minimum Gasteiger partial charge on any atom is -0.330 e. The van der Waals surface area contributed by atoms with Crippen molar-refractivity contribution >= 4 is 10.0 Å². The second-order valence-corrected chi connectivity index (χ2v) is 6.59. The van der Waals surface area contributed by atoms with Crippen LogP contribution in [0.5, 0.6) is 0 Å². The van der Waals surface area contributed by atoms with Crippen LogP contribution in [0.2, 0.25) is 0 Å². The summed E-state index contributed by atoms with van der Waals surface area (Å²) >= 11 is 0. The van der Waals surface area contributed by atoms with Gasteiger partial charge >= 0.3 is 6.18 Å². The molecule has 0 aliphatic rings. The Hall–Kier alpha value is -1.12. The smallest absolute Gasteiger partial charge is 0.330 e. The summed E-state index contributed by atoms with van der Waals surface area (Å²) < 4.78 is 62.6. The summed E-state index contributed by atoms with van der Waals surface area (Å²) in [5, 5.41) is 0. The molecule has 1 aromatic carbocycles. The van der Waals surface area contributed by atoms with Gasteiger partial charge < -0.3 is 5.73 Å². The lowest BCUT2D eigenvalue weighted by atomic mass is 10.1. The molecule has 1 aromatic rings. The van der Waals surface area contributed by atoms with E-state index in [0.717, 1.165) is 18.4 Å². The van der Waals surface area contributed by atoms with Crippen LogP contribution in [-0.4, -0.2) is 27.2 Å². The minimum atomic E-state index is -4.41. The second-order valence-electron chi connectivity index (χ2n) is 4.88. The maximum Gasteiger partial charge on any atom is 0.390 e. The van der Waals surface area contributed by atoms with Crippen LogP contribution in [0.25, 0.3) is 0 Å². The van der Waals surface area contributed by atoms with E-state index in [9.17, 15) is 21.6 Å². The Morgan fingerprint density at radius 3 is 2.29 bits per heavy atom. The second kappa shape index (κ2) is 7.24. The van der Waals surface area contributed by atoms with E-state index in [-0.39, 0.29) is 4.90 Å². The molecule has 0 radical (unpaired) electrons. The van der Waals surface area contributed by atoms with Gasteiger partial charge in [0.05, 0.1) is 11.3 Å². The zero-order chi connectivity index (χ0) is 16.1. The molecule has 1 atom stereocenters. The van der Waals surface area contributed by atoms with Gasteiger partial charge in [0.2, 0.25) is 10.0 Å². The molecule has 0 aromatic heterocycles. The van der Waals surface area contributed by atoms with Crippen LogP contribution in [0.4, 0.5) is 13.2 Å². The summed E-state index contributed by atoms with van der Waals surface area (Å²) in [6.45, 7) is 1.72. The topological polar surface area (TPSA) is 72.2 Å². The summed E-state index contributed by atoms with van der Waals surface area (Å²) in [5.74, 6) is 0. The molecule has 0 fully saturated rings. The summed E-state index contributed by atoms with van der Waals surface area (Å²) in [6.07, 6.45) is -4.10. The third kappa shape index (κ3) is 6.45. The van der Waals surface area contributed by atoms with Gasteiger partial charge in [-0.1, -0.05) is 12.1 Å². The van der Waals surface area contributed by atoms with Crippen LogP contribution in [-0.2, 0) is 16.4 Å². The number of aryl methyl sites for hydroxylation is 1. The highest BCUT2D eigenvalue weighted by atomic mass is 32.2. The SMILES string of the molecule is CC(CC(F)(F)F)NS(=O)(=O)c1ccc(CCCN)cc1. The largest absolute Gasteiger partial charge is 0.390 e. The van der Waals surface area contributed by atoms with Gasteiger partial charge in [-0.25, -0.2) is 13.1 Å². The Morgan fingerprint density at radius 1 is 1.24 bits per heavy atom. The number of halogens is 3. The number of benzene rings is 1. The Bertz CT molecular complexity index is 542. The molecule has 0 aliphatic heterocycles. The molecule has 0 spiro atoms. The molecule has 120 valence electrons. The predicted octanol–water partition coefficient (Wildman–Crippen LogP) is 2.20. The van der Waals surface area contributed by atoms with E-state index >= 15 is 0 Å². The lowest BCUT2D eigenvalue weighted by Crippen LogP contribution is -2.35. The minimum absolute atomic E-state index is 0.0481. The van der Waals surface area contributed by atoms with Gasteiger partial charge in [0.1, 0.15) is 0 Å². The molecule has 21 heavy (non-hydrogen) atoms. The number of sulfonamides is 1. The van der Waals surface area contributed by atoms with E-state index in [0.29, 0.717) is 6.54 Å². The van der Waals surface area contributed by atoms with E-state index < -0.39 is 28.7 Å². The summed E-state index contributed by atoms with van der Waals surface area (Å²) in [6, 6.07) is 4.83. The van der Waals surface area contributed by atoms with Crippen molar-refractivity contribution in [2.24, 2.45) is 5.73 Å². The number of rotatable bonds is 7. The highest BCUT2D eigenvalue weighted by molar-refractivity contribution is 7.89. The van der Waals surface area contributed by atoms with Crippen LogP contribution < -0.4 is 10.5 Å². The van der Waals surface area contributed by atoms with Gasteiger partial charge in [0, 0.05) is 6.04 Å². The number of hydrogen-bond donors (Lipinski definition) is 2. The molecule has 0 saturated carbocycles. The molecule has 4 nitrogen and oxygen atoms in total. The third-order valence-electron chi connectivity index (χ3n) is 2.80. The Morgan fingerprint density at radius 2 is 1.81 bits per heavy atom. The molecule has 3 N–H and O–H groups in total. The number of nitrogens with one attached hydrogen (secondary N) is 1. The quantitative estimate of drug-likeness (QED) is 0.807. The van der Waals surface area contributed by atoms with Gasteiger partial charge in [-0.3, -0.25) is 0 Å². The molecule has 0 bridgehead atoms. The third-order valence-corrected chi connectivity index (χ3v) is 4.40. The van der Waals surface area contributed by atoms with Crippen molar-refractivity contribution < 1.29 is 21.6 Å². The number of nitrogens with two attached hydrogens (primary N) is 1. The fourth-order valence-corrected chi connectivity index (χ4v) is 3.11. The van der Waals surface area contributed by atoms with Crippen molar-refractivity contribution in [1.29, 1.82) is 0 Å². The monoisotopic (exact) mass is 324 g/mol. The van der Waals surface area contributed by atoms with Crippen molar-refractivity contribution in [3.8, 4) is 0 Å². The number of hydrogen-bond acceptors (Lipinski definition) is 3. The molecule has 8 heteroatoms. The van der Waals surface area contributed by atoms with Gasteiger partial charge in [-0.05, 0) is 44.0 Å². The van der Waals surface area contributed by atoms with Crippen LogP contribution in [0.1, 0.15) is 25.3 Å². The highest BCUT2D eigenvalue weighted by Crippen LogP contribution is 2.22. The van der Waals surface area contributed by atoms with Crippen molar-refractivity contribution in [2.45, 2.75) is 43.3 Å². The van der Waals surface area contributed by atoms with E-state index in [2.05, 4.69) is 0 Å². The fraction of sp³-hybridized carbons (Fsp3) is 0.538. The lowest BCUT2D eigenvalue weighted by Gasteiger charge is -2.16.